The summed E-state index contributed by atoms with van der Waals surface area (Å²) in [5.41, 5.74) is 2.90. The van der Waals surface area contributed by atoms with E-state index in [0.29, 0.717) is 24.4 Å². The van der Waals surface area contributed by atoms with Gasteiger partial charge in [-0.3, -0.25) is 9.69 Å². The average molecular weight is 616 g/mol. The van der Waals surface area contributed by atoms with E-state index in [1.807, 2.05) is 86.3 Å². The maximum absolute atomic E-state index is 14.0. The van der Waals surface area contributed by atoms with Crippen LogP contribution in [-0.2, 0) is 34.3 Å². The second-order valence-electron chi connectivity index (χ2n) is 12.9. The first-order valence-corrected chi connectivity index (χ1v) is 15.3. The lowest BCUT2D eigenvalue weighted by atomic mass is 10.00. The maximum atomic E-state index is 14.0. The summed E-state index contributed by atoms with van der Waals surface area (Å²) in [6.07, 6.45) is 2.28. The number of para-hydroxylation sites is 1. The van der Waals surface area contributed by atoms with Crippen molar-refractivity contribution in [1.29, 1.82) is 0 Å². The van der Waals surface area contributed by atoms with Gasteiger partial charge in [-0.2, -0.15) is 0 Å². The van der Waals surface area contributed by atoms with Gasteiger partial charge >= 0.3 is 12.1 Å². The Kier molecular flexibility index (Phi) is 10.4. The fourth-order valence-electron chi connectivity index (χ4n) is 5.28. The molecule has 0 fully saturated rings. The van der Waals surface area contributed by atoms with Crippen LogP contribution >= 0.6 is 0 Å². The number of fused-ring (bicyclic) bond motifs is 1. The van der Waals surface area contributed by atoms with E-state index in [1.165, 1.54) is 4.90 Å². The molecule has 2 amide bonds. The zero-order valence-corrected chi connectivity index (χ0v) is 27.5. The monoisotopic (exact) mass is 615 g/mol. The fraction of sp³-hybridized carbons (Fsp3) is 0.429. The summed E-state index contributed by atoms with van der Waals surface area (Å²) in [5, 5.41) is 4.20. The summed E-state index contributed by atoms with van der Waals surface area (Å²) < 4.78 is 13.2. The molecule has 2 N–H and O–H groups in total. The number of esters is 1. The van der Waals surface area contributed by atoms with E-state index < -0.39 is 29.7 Å². The number of carbonyl (C=O) groups is 3. The molecule has 2 aromatic heterocycles. The quantitative estimate of drug-likeness (QED) is 0.193. The van der Waals surface area contributed by atoms with E-state index in [9.17, 15) is 14.4 Å². The molecule has 4 aromatic rings. The minimum Gasteiger partial charge on any atom is -0.456 e. The van der Waals surface area contributed by atoms with Crippen LogP contribution in [0, 0.1) is 12.8 Å². The Balaban J connectivity index is 1.65. The molecular formula is C35H45N5O5. The van der Waals surface area contributed by atoms with Gasteiger partial charge in [0.25, 0.3) is 0 Å². The summed E-state index contributed by atoms with van der Waals surface area (Å²) in [6.45, 7) is 11.2. The molecule has 45 heavy (non-hydrogen) atoms. The van der Waals surface area contributed by atoms with Gasteiger partial charge in [0.15, 0.2) is 5.69 Å². The third kappa shape index (κ3) is 8.53. The highest BCUT2D eigenvalue weighted by Gasteiger charge is 2.33. The number of nitrogens with zero attached hydrogens (tertiary/aromatic N) is 3. The molecule has 10 nitrogen and oxygen atoms in total. The Labute approximate surface area is 265 Å². The van der Waals surface area contributed by atoms with Gasteiger partial charge < -0.3 is 24.3 Å². The summed E-state index contributed by atoms with van der Waals surface area (Å²) in [6, 6.07) is 16.0. The first-order valence-electron chi connectivity index (χ1n) is 15.3. The molecule has 0 saturated carbocycles. The van der Waals surface area contributed by atoms with Crippen LogP contribution in [0.5, 0.6) is 0 Å². The van der Waals surface area contributed by atoms with Crippen LogP contribution in [-0.4, -0.2) is 56.1 Å². The van der Waals surface area contributed by atoms with Crippen LogP contribution in [0.3, 0.4) is 0 Å². The Morgan fingerprint density at radius 3 is 2.38 bits per heavy atom. The van der Waals surface area contributed by atoms with E-state index in [-0.39, 0.29) is 24.1 Å². The lowest BCUT2D eigenvalue weighted by molar-refractivity contribution is -0.127. The highest BCUT2D eigenvalue weighted by molar-refractivity contribution is 5.89. The minimum atomic E-state index is -0.791. The molecule has 0 aliphatic rings. The van der Waals surface area contributed by atoms with Crippen LogP contribution in [0.1, 0.15) is 80.2 Å². The topological polar surface area (TPSA) is 119 Å². The Hall–Kier alpha value is -4.60. The first-order chi connectivity index (χ1) is 21.2. The van der Waals surface area contributed by atoms with Gasteiger partial charge in [-0.25, -0.2) is 14.6 Å². The van der Waals surface area contributed by atoms with Crippen LogP contribution in [0.4, 0.5) is 4.79 Å². The molecule has 4 rings (SSSR count). The normalized spacial score (nSPS) is 13.0. The molecule has 10 heteroatoms. The zero-order valence-electron chi connectivity index (χ0n) is 27.5. The number of hydrogen-bond donors (Lipinski definition) is 2. The first kappa shape index (κ1) is 33.3. The molecule has 0 spiro atoms. The molecule has 0 bridgehead atoms. The number of rotatable bonds is 11. The van der Waals surface area contributed by atoms with Crippen LogP contribution in [0.2, 0.25) is 0 Å². The predicted molar refractivity (Wildman–Crippen MR) is 174 cm³/mol. The molecule has 0 radical (unpaired) electrons. The zero-order chi connectivity index (χ0) is 32.9. The van der Waals surface area contributed by atoms with Crippen molar-refractivity contribution >= 4 is 28.9 Å². The van der Waals surface area contributed by atoms with Crippen molar-refractivity contribution in [2.24, 2.45) is 13.0 Å². The van der Waals surface area contributed by atoms with Crippen molar-refractivity contribution in [2.75, 3.05) is 7.05 Å². The van der Waals surface area contributed by atoms with Gasteiger partial charge in [0.2, 0.25) is 5.91 Å². The van der Waals surface area contributed by atoms with Crippen LogP contribution in [0.15, 0.2) is 60.8 Å². The number of benzene rings is 2. The van der Waals surface area contributed by atoms with Crippen LogP contribution in [0.25, 0.3) is 10.9 Å². The predicted octanol–water partition coefficient (Wildman–Crippen LogP) is 6.25. The molecular weight excluding hydrogens is 570 g/mol. The molecule has 0 saturated heterocycles. The molecule has 2 heterocycles. The number of amides is 2. The number of nitrogens with one attached hydrogen (secondary N) is 2. The summed E-state index contributed by atoms with van der Waals surface area (Å²) in [7, 11) is 3.56. The van der Waals surface area contributed by atoms with E-state index >= 15 is 0 Å². The van der Waals surface area contributed by atoms with Crippen molar-refractivity contribution < 1.29 is 23.9 Å². The average Bonchev–Trinajstić information content (AvgIpc) is 3.52. The highest BCUT2D eigenvalue weighted by Crippen LogP contribution is 2.27. The number of H-pyrrole nitrogens is 1. The molecule has 0 unspecified atom stereocenters. The number of carbonyl (C=O) groups excluding carboxylic acids is 3. The SMILES string of the molecule is Cc1[nH]c([C@@H](Cc2cn(C)c3ccccc23)NC(=O)[C@H](CC(C)C)N(C)C(=O)OC(C)(C)C)nc1C(=O)OCc1ccccc1. The third-order valence-corrected chi connectivity index (χ3v) is 7.51. The van der Waals surface area contributed by atoms with Crippen molar-refractivity contribution in [2.45, 2.75) is 78.7 Å². The van der Waals surface area contributed by atoms with E-state index in [1.54, 1.807) is 34.7 Å². The lowest BCUT2D eigenvalue weighted by Crippen LogP contribution is -2.50. The van der Waals surface area contributed by atoms with Crippen molar-refractivity contribution in [3.8, 4) is 0 Å². The van der Waals surface area contributed by atoms with Crippen molar-refractivity contribution in [3.05, 3.63) is 89.1 Å². The van der Waals surface area contributed by atoms with Gasteiger partial charge in [-0.05, 0) is 57.2 Å². The summed E-state index contributed by atoms with van der Waals surface area (Å²) >= 11 is 0. The minimum absolute atomic E-state index is 0.116. The van der Waals surface area contributed by atoms with Crippen LogP contribution < -0.4 is 5.32 Å². The third-order valence-electron chi connectivity index (χ3n) is 7.51. The lowest BCUT2D eigenvalue weighted by Gasteiger charge is -2.32. The van der Waals surface area contributed by atoms with Gasteiger partial charge in [0, 0.05) is 43.3 Å². The standard InChI is InChI=1S/C35H45N5O5/c1-22(2)18-29(40(8)34(43)45-35(4,5)6)32(41)37-27(19-25-20-39(7)28-17-13-12-16-26(25)28)31-36-23(3)30(38-31)33(42)44-21-24-14-10-9-11-15-24/h9-17,20,22,27,29H,18-19,21H2,1-8H3,(H,36,38)(H,37,41)/t27-,29+/m1/s1. The molecule has 0 aliphatic carbocycles. The van der Waals surface area contributed by atoms with E-state index in [0.717, 1.165) is 22.0 Å². The number of likely N-dealkylation sites (N-methyl/N-ethyl adjacent to an activating group) is 1. The molecule has 240 valence electrons. The van der Waals surface area contributed by atoms with Crippen molar-refractivity contribution in [3.63, 3.8) is 0 Å². The number of aryl methyl sites for hydroxylation is 2. The highest BCUT2D eigenvalue weighted by atomic mass is 16.6. The van der Waals surface area contributed by atoms with Gasteiger partial charge in [0.05, 0.1) is 6.04 Å². The Morgan fingerprint density at radius 1 is 1.04 bits per heavy atom. The number of hydrogen-bond acceptors (Lipinski definition) is 6. The number of aromatic nitrogens is 3. The fourth-order valence-corrected chi connectivity index (χ4v) is 5.28. The number of imidazole rings is 1. The van der Waals surface area contributed by atoms with E-state index in [2.05, 4.69) is 15.3 Å². The smallest absolute Gasteiger partial charge is 0.410 e. The Bertz CT molecular complexity index is 1630. The number of ether oxygens (including phenoxy) is 2. The largest absolute Gasteiger partial charge is 0.456 e. The molecule has 0 aliphatic heterocycles. The Morgan fingerprint density at radius 2 is 1.71 bits per heavy atom. The molecule has 2 aromatic carbocycles. The second kappa shape index (κ2) is 14.0. The number of aromatic amines is 1. The van der Waals surface area contributed by atoms with Gasteiger partial charge in [-0.15, -0.1) is 0 Å². The second-order valence-corrected chi connectivity index (χ2v) is 12.9. The van der Waals surface area contributed by atoms with E-state index in [4.69, 9.17) is 9.47 Å². The summed E-state index contributed by atoms with van der Waals surface area (Å²) in [4.78, 5) is 49.4. The van der Waals surface area contributed by atoms with Gasteiger partial charge in [0.1, 0.15) is 24.1 Å². The summed E-state index contributed by atoms with van der Waals surface area (Å²) in [5.74, 6) is -0.358. The van der Waals surface area contributed by atoms with Crippen molar-refractivity contribution in [1.82, 2.24) is 24.8 Å². The molecule has 2 atom stereocenters. The maximum Gasteiger partial charge on any atom is 0.410 e. The van der Waals surface area contributed by atoms with Gasteiger partial charge in [-0.1, -0.05) is 62.4 Å².